The van der Waals surface area contributed by atoms with E-state index in [2.05, 4.69) is 30.8 Å². The number of fused-ring (bicyclic) bond motifs is 1. The standard InChI is InChI=1S/C21H24N6O/c28-21(19-17-6-1-7-18(17)24-25-19)27-10-3-5-16(14-27)20-23-9-11-26(20)13-15-4-2-8-22-12-15/h2,4,8-9,11-12,16H,1,3,5-7,10,13-14H2,(H,24,25)/t16-/m1/s1. The fourth-order valence-corrected chi connectivity index (χ4v) is 4.52. The van der Waals surface area contributed by atoms with Gasteiger partial charge in [0.2, 0.25) is 0 Å². The number of hydrogen-bond donors (Lipinski definition) is 1. The number of imidazole rings is 1. The molecule has 0 unspecified atom stereocenters. The van der Waals surface area contributed by atoms with E-state index >= 15 is 0 Å². The van der Waals surface area contributed by atoms with E-state index in [1.165, 1.54) is 0 Å². The van der Waals surface area contributed by atoms with Gasteiger partial charge in [-0.05, 0) is 43.7 Å². The van der Waals surface area contributed by atoms with Crippen LogP contribution in [-0.2, 0) is 19.4 Å². The number of carbonyl (C=O) groups is 1. The Labute approximate surface area is 163 Å². The molecule has 3 aromatic heterocycles. The lowest BCUT2D eigenvalue weighted by Crippen LogP contribution is -2.40. The van der Waals surface area contributed by atoms with E-state index in [1.807, 2.05) is 29.6 Å². The minimum atomic E-state index is 0.0643. The maximum atomic E-state index is 13.1. The molecule has 1 saturated heterocycles. The largest absolute Gasteiger partial charge is 0.337 e. The van der Waals surface area contributed by atoms with Gasteiger partial charge in [0, 0.05) is 55.1 Å². The molecule has 1 aliphatic heterocycles. The van der Waals surface area contributed by atoms with Crippen molar-refractivity contribution in [3.63, 3.8) is 0 Å². The number of nitrogens with zero attached hydrogens (tertiary/aromatic N) is 5. The van der Waals surface area contributed by atoms with Gasteiger partial charge in [0.1, 0.15) is 5.82 Å². The molecule has 1 N–H and O–H groups in total. The minimum Gasteiger partial charge on any atom is -0.337 e. The molecule has 7 nitrogen and oxygen atoms in total. The van der Waals surface area contributed by atoms with Crippen LogP contribution in [-0.4, -0.2) is 48.6 Å². The molecule has 5 rings (SSSR count). The summed E-state index contributed by atoms with van der Waals surface area (Å²) in [5, 5.41) is 7.39. The van der Waals surface area contributed by atoms with Gasteiger partial charge in [0.15, 0.2) is 5.69 Å². The Balaban J connectivity index is 1.34. The Kier molecular flexibility index (Phi) is 4.43. The monoisotopic (exact) mass is 376 g/mol. The van der Waals surface area contributed by atoms with Crippen LogP contribution in [0, 0.1) is 0 Å². The third kappa shape index (κ3) is 3.10. The second kappa shape index (κ2) is 7.22. The minimum absolute atomic E-state index is 0.0643. The molecule has 3 aromatic rings. The first-order valence-electron chi connectivity index (χ1n) is 10.0. The summed E-state index contributed by atoms with van der Waals surface area (Å²) < 4.78 is 2.18. The Morgan fingerprint density at radius 2 is 2.21 bits per heavy atom. The third-order valence-corrected chi connectivity index (χ3v) is 5.91. The van der Waals surface area contributed by atoms with Gasteiger partial charge in [0.25, 0.3) is 5.91 Å². The zero-order chi connectivity index (χ0) is 18.9. The molecule has 1 amide bonds. The maximum Gasteiger partial charge on any atom is 0.274 e. The van der Waals surface area contributed by atoms with Crippen molar-refractivity contribution in [3.8, 4) is 0 Å². The van der Waals surface area contributed by atoms with E-state index in [4.69, 9.17) is 0 Å². The first-order valence-corrected chi connectivity index (χ1v) is 10.0. The number of amides is 1. The highest BCUT2D eigenvalue weighted by Crippen LogP contribution is 2.29. The van der Waals surface area contributed by atoms with Crippen molar-refractivity contribution in [1.29, 1.82) is 0 Å². The number of rotatable bonds is 4. The molecule has 0 saturated carbocycles. The first-order chi connectivity index (χ1) is 13.8. The second-order valence-corrected chi connectivity index (χ2v) is 7.75. The normalized spacial score (nSPS) is 19.0. The lowest BCUT2D eigenvalue weighted by Gasteiger charge is -2.32. The average molecular weight is 376 g/mol. The van der Waals surface area contributed by atoms with Crippen molar-refractivity contribution in [2.75, 3.05) is 13.1 Å². The molecule has 0 radical (unpaired) electrons. The van der Waals surface area contributed by atoms with E-state index < -0.39 is 0 Å². The van der Waals surface area contributed by atoms with Crippen molar-refractivity contribution in [3.05, 3.63) is 65.3 Å². The quantitative estimate of drug-likeness (QED) is 0.759. The SMILES string of the molecule is O=C(c1n[nH]c2c1CCC2)N1CCC[C@@H](c2nccn2Cc2cccnc2)C1. The molecule has 0 aromatic carbocycles. The summed E-state index contributed by atoms with van der Waals surface area (Å²) in [6.45, 7) is 2.24. The number of likely N-dealkylation sites (tertiary alicyclic amines) is 1. The summed E-state index contributed by atoms with van der Waals surface area (Å²) in [6.07, 6.45) is 12.7. The van der Waals surface area contributed by atoms with E-state index in [0.717, 1.165) is 67.8 Å². The Hall–Kier alpha value is -2.96. The van der Waals surface area contributed by atoms with Crippen LogP contribution in [0.25, 0.3) is 0 Å². The highest BCUT2D eigenvalue weighted by Gasteiger charge is 2.31. The molecule has 1 atom stereocenters. The van der Waals surface area contributed by atoms with E-state index in [1.54, 1.807) is 6.20 Å². The first kappa shape index (κ1) is 17.2. The van der Waals surface area contributed by atoms with Gasteiger partial charge in [0.05, 0.1) is 6.54 Å². The summed E-state index contributed by atoms with van der Waals surface area (Å²) in [5.74, 6) is 1.36. The van der Waals surface area contributed by atoms with Gasteiger partial charge in [-0.1, -0.05) is 6.07 Å². The third-order valence-electron chi connectivity index (χ3n) is 5.91. The summed E-state index contributed by atoms with van der Waals surface area (Å²) >= 11 is 0. The maximum absolute atomic E-state index is 13.1. The van der Waals surface area contributed by atoms with Crippen LogP contribution in [0.15, 0.2) is 36.9 Å². The smallest absolute Gasteiger partial charge is 0.274 e. The fourth-order valence-electron chi connectivity index (χ4n) is 4.52. The molecule has 0 spiro atoms. The molecule has 28 heavy (non-hydrogen) atoms. The van der Waals surface area contributed by atoms with Crippen LogP contribution >= 0.6 is 0 Å². The van der Waals surface area contributed by atoms with Gasteiger partial charge in [-0.3, -0.25) is 14.9 Å². The summed E-state index contributed by atoms with van der Waals surface area (Å²) in [5.41, 5.74) is 4.05. The average Bonchev–Trinajstić information content (AvgIpc) is 3.45. The number of aromatic amines is 1. The highest BCUT2D eigenvalue weighted by atomic mass is 16.2. The summed E-state index contributed by atoms with van der Waals surface area (Å²) in [6, 6.07) is 4.03. The topological polar surface area (TPSA) is 79.7 Å². The number of nitrogens with one attached hydrogen (secondary N) is 1. The van der Waals surface area contributed by atoms with Crippen LogP contribution < -0.4 is 0 Å². The number of piperidine rings is 1. The molecule has 0 bridgehead atoms. The van der Waals surface area contributed by atoms with Gasteiger partial charge in [-0.25, -0.2) is 4.98 Å². The van der Waals surface area contributed by atoms with Crippen molar-refractivity contribution in [2.24, 2.45) is 0 Å². The van der Waals surface area contributed by atoms with Gasteiger partial charge in [-0.15, -0.1) is 0 Å². The summed E-state index contributed by atoms with van der Waals surface area (Å²) in [4.78, 5) is 23.9. The molecular formula is C21H24N6O. The van der Waals surface area contributed by atoms with Crippen LogP contribution in [0.5, 0.6) is 0 Å². The van der Waals surface area contributed by atoms with Gasteiger partial charge >= 0.3 is 0 Å². The zero-order valence-corrected chi connectivity index (χ0v) is 15.8. The number of carbonyl (C=O) groups excluding carboxylic acids is 1. The zero-order valence-electron chi connectivity index (χ0n) is 15.8. The second-order valence-electron chi connectivity index (χ2n) is 7.75. The molecule has 144 valence electrons. The van der Waals surface area contributed by atoms with Gasteiger partial charge in [-0.2, -0.15) is 5.10 Å². The van der Waals surface area contributed by atoms with E-state index in [-0.39, 0.29) is 11.8 Å². The summed E-state index contributed by atoms with van der Waals surface area (Å²) in [7, 11) is 0. The lowest BCUT2D eigenvalue weighted by molar-refractivity contribution is 0.0696. The van der Waals surface area contributed by atoms with Crippen molar-refractivity contribution in [1.82, 2.24) is 29.6 Å². The Morgan fingerprint density at radius 3 is 3.11 bits per heavy atom. The highest BCUT2D eigenvalue weighted by molar-refractivity contribution is 5.94. The molecule has 1 fully saturated rings. The molecule has 4 heterocycles. The van der Waals surface area contributed by atoms with Crippen molar-refractivity contribution in [2.45, 2.75) is 44.6 Å². The number of aromatic nitrogens is 5. The van der Waals surface area contributed by atoms with Crippen LogP contribution in [0.1, 0.15) is 58.3 Å². The van der Waals surface area contributed by atoms with E-state index in [0.29, 0.717) is 12.2 Å². The molecule has 7 heteroatoms. The Morgan fingerprint density at radius 1 is 1.25 bits per heavy atom. The predicted octanol–water partition coefficient (Wildman–Crippen LogP) is 2.56. The fraction of sp³-hybridized carbons (Fsp3) is 0.429. The molecule has 2 aliphatic rings. The lowest BCUT2D eigenvalue weighted by atomic mass is 9.96. The van der Waals surface area contributed by atoms with Crippen LogP contribution in [0.2, 0.25) is 0 Å². The number of hydrogen-bond acceptors (Lipinski definition) is 4. The molecule has 1 aliphatic carbocycles. The van der Waals surface area contributed by atoms with Crippen LogP contribution in [0.4, 0.5) is 0 Å². The van der Waals surface area contributed by atoms with Crippen molar-refractivity contribution >= 4 is 5.91 Å². The van der Waals surface area contributed by atoms with Crippen molar-refractivity contribution < 1.29 is 4.79 Å². The van der Waals surface area contributed by atoms with E-state index in [9.17, 15) is 4.79 Å². The number of H-pyrrole nitrogens is 1. The molecular weight excluding hydrogens is 352 g/mol. The Bertz CT molecular complexity index is 976. The van der Waals surface area contributed by atoms with Crippen LogP contribution in [0.3, 0.4) is 0 Å². The van der Waals surface area contributed by atoms with Gasteiger partial charge < -0.3 is 9.47 Å². The predicted molar refractivity (Wildman–Crippen MR) is 104 cm³/mol. The number of pyridine rings is 1. The number of aryl methyl sites for hydroxylation is 1.